The van der Waals surface area contributed by atoms with E-state index in [0.717, 1.165) is 0 Å². The summed E-state index contributed by atoms with van der Waals surface area (Å²) in [6.07, 6.45) is 0. The minimum atomic E-state index is -1.40. The van der Waals surface area contributed by atoms with Gasteiger partial charge in [-0.05, 0) is 44.5 Å². The highest BCUT2D eigenvalue weighted by Gasteiger charge is 2.25. The fraction of sp³-hybridized carbons (Fsp3) is 0.286. The lowest BCUT2D eigenvalue weighted by molar-refractivity contribution is 0.0524. The SMILES string of the molecule is CC(C)n1nc(C(=O)NC[C@@](C)(O)c2ccc(F)cc2)c2ccccc2c1=O. The molecule has 0 saturated heterocycles. The Labute approximate surface area is 161 Å². The predicted molar refractivity (Wildman–Crippen MR) is 105 cm³/mol. The maximum Gasteiger partial charge on any atom is 0.274 e. The van der Waals surface area contributed by atoms with E-state index < -0.39 is 17.3 Å². The molecule has 1 heterocycles. The summed E-state index contributed by atoms with van der Waals surface area (Å²) in [4.78, 5) is 25.4. The number of nitrogens with one attached hydrogen (secondary N) is 1. The van der Waals surface area contributed by atoms with Gasteiger partial charge in [-0.1, -0.05) is 30.3 Å². The highest BCUT2D eigenvalue weighted by molar-refractivity contribution is 6.04. The van der Waals surface area contributed by atoms with E-state index in [1.54, 1.807) is 24.3 Å². The van der Waals surface area contributed by atoms with Gasteiger partial charge in [0.05, 0.1) is 18.0 Å². The summed E-state index contributed by atoms with van der Waals surface area (Å²) in [5.74, 6) is -0.914. The number of halogens is 1. The Kier molecular flexibility index (Phi) is 5.29. The first-order valence-electron chi connectivity index (χ1n) is 8.99. The Bertz CT molecular complexity index is 1070. The molecule has 6 nitrogen and oxygen atoms in total. The zero-order valence-electron chi connectivity index (χ0n) is 15.9. The zero-order chi connectivity index (χ0) is 20.5. The Morgan fingerprint density at radius 3 is 2.39 bits per heavy atom. The first kappa shape index (κ1) is 19.7. The highest BCUT2D eigenvalue weighted by Crippen LogP contribution is 2.20. The first-order chi connectivity index (χ1) is 13.2. The third-order valence-corrected chi connectivity index (χ3v) is 4.59. The van der Waals surface area contributed by atoms with E-state index in [9.17, 15) is 19.1 Å². The largest absolute Gasteiger partial charge is 0.384 e. The van der Waals surface area contributed by atoms with Crippen molar-refractivity contribution < 1.29 is 14.3 Å². The number of carbonyl (C=O) groups excluding carboxylic acids is 1. The number of aliphatic hydroxyl groups is 1. The van der Waals surface area contributed by atoms with Crippen LogP contribution in [0.25, 0.3) is 10.8 Å². The zero-order valence-corrected chi connectivity index (χ0v) is 15.9. The molecule has 0 unspecified atom stereocenters. The van der Waals surface area contributed by atoms with Gasteiger partial charge in [-0.25, -0.2) is 9.07 Å². The minimum Gasteiger partial charge on any atom is -0.384 e. The molecule has 0 fully saturated rings. The summed E-state index contributed by atoms with van der Waals surface area (Å²) in [6, 6.07) is 12.0. The molecule has 2 aromatic carbocycles. The second-order valence-electron chi connectivity index (χ2n) is 7.20. The van der Waals surface area contributed by atoms with Crippen molar-refractivity contribution >= 4 is 16.7 Å². The van der Waals surface area contributed by atoms with E-state index in [2.05, 4.69) is 10.4 Å². The number of hydrogen-bond donors (Lipinski definition) is 2. The second kappa shape index (κ2) is 7.52. The maximum atomic E-state index is 13.1. The van der Waals surface area contributed by atoms with Crippen LogP contribution in [-0.2, 0) is 5.60 Å². The smallest absolute Gasteiger partial charge is 0.274 e. The number of amides is 1. The van der Waals surface area contributed by atoms with E-state index in [1.807, 2.05) is 13.8 Å². The Hall–Kier alpha value is -3.06. The monoisotopic (exact) mass is 383 g/mol. The molecular weight excluding hydrogens is 361 g/mol. The van der Waals surface area contributed by atoms with Crippen LogP contribution in [0.3, 0.4) is 0 Å². The molecule has 0 aliphatic heterocycles. The van der Waals surface area contributed by atoms with Crippen molar-refractivity contribution in [2.24, 2.45) is 0 Å². The van der Waals surface area contributed by atoms with Gasteiger partial charge in [-0.3, -0.25) is 9.59 Å². The predicted octanol–water partition coefficient (Wildman–Crippen LogP) is 2.75. The molecule has 0 radical (unpaired) electrons. The van der Waals surface area contributed by atoms with Crippen molar-refractivity contribution in [3.05, 3.63) is 76.0 Å². The molecule has 1 atom stereocenters. The summed E-state index contributed by atoms with van der Waals surface area (Å²) < 4.78 is 14.4. The highest BCUT2D eigenvalue weighted by atomic mass is 19.1. The molecule has 1 amide bonds. The van der Waals surface area contributed by atoms with Crippen molar-refractivity contribution in [1.82, 2.24) is 15.1 Å². The molecule has 0 aliphatic rings. The normalized spacial score (nSPS) is 13.5. The number of hydrogen-bond acceptors (Lipinski definition) is 4. The van der Waals surface area contributed by atoms with Crippen LogP contribution in [0.2, 0.25) is 0 Å². The molecule has 0 aliphatic carbocycles. The Morgan fingerprint density at radius 1 is 1.18 bits per heavy atom. The lowest BCUT2D eigenvalue weighted by Crippen LogP contribution is -2.40. The topological polar surface area (TPSA) is 84.2 Å². The fourth-order valence-electron chi connectivity index (χ4n) is 2.97. The molecule has 2 N–H and O–H groups in total. The van der Waals surface area contributed by atoms with Gasteiger partial charge in [0, 0.05) is 5.39 Å². The van der Waals surface area contributed by atoms with Crippen molar-refractivity contribution in [2.75, 3.05) is 6.54 Å². The molecule has 7 heteroatoms. The van der Waals surface area contributed by atoms with Crippen molar-refractivity contribution in [1.29, 1.82) is 0 Å². The van der Waals surface area contributed by atoms with E-state index in [0.29, 0.717) is 16.3 Å². The maximum absolute atomic E-state index is 13.1. The summed E-state index contributed by atoms with van der Waals surface area (Å²) >= 11 is 0. The van der Waals surface area contributed by atoms with Crippen LogP contribution < -0.4 is 10.9 Å². The number of carbonyl (C=O) groups is 1. The quantitative estimate of drug-likeness (QED) is 0.710. The van der Waals surface area contributed by atoms with Crippen LogP contribution in [0.4, 0.5) is 4.39 Å². The van der Waals surface area contributed by atoms with Gasteiger partial charge in [0.15, 0.2) is 5.69 Å². The average Bonchev–Trinajstić information content (AvgIpc) is 2.67. The summed E-state index contributed by atoms with van der Waals surface area (Å²) in [6.45, 7) is 5.05. The molecule has 0 spiro atoms. The minimum absolute atomic E-state index is 0.103. The van der Waals surface area contributed by atoms with Crippen LogP contribution in [0.15, 0.2) is 53.3 Å². The van der Waals surface area contributed by atoms with Crippen LogP contribution in [0, 0.1) is 5.82 Å². The van der Waals surface area contributed by atoms with Gasteiger partial charge in [0.25, 0.3) is 11.5 Å². The second-order valence-corrected chi connectivity index (χ2v) is 7.20. The number of aromatic nitrogens is 2. The van der Waals surface area contributed by atoms with Crippen molar-refractivity contribution in [3.63, 3.8) is 0 Å². The Balaban J connectivity index is 1.92. The van der Waals surface area contributed by atoms with Crippen LogP contribution >= 0.6 is 0 Å². The van der Waals surface area contributed by atoms with Crippen LogP contribution in [-0.4, -0.2) is 27.3 Å². The average molecular weight is 383 g/mol. The number of rotatable bonds is 5. The molecule has 146 valence electrons. The number of fused-ring (bicyclic) bond motifs is 1. The molecule has 3 aromatic rings. The summed E-state index contributed by atoms with van der Waals surface area (Å²) in [5, 5.41) is 18.4. The number of nitrogens with zero attached hydrogens (tertiary/aromatic N) is 2. The standard InChI is InChI=1S/C21H22FN3O3/c1-13(2)25-20(27)17-7-5-4-6-16(17)18(24-25)19(26)23-12-21(3,28)14-8-10-15(22)11-9-14/h4-11,13,28H,12H2,1-3H3,(H,23,26)/t21-/m1/s1. The summed E-state index contributed by atoms with van der Waals surface area (Å²) in [5.41, 5.74) is -1.08. The third-order valence-electron chi connectivity index (χ3n) is 4.59. The van der Waals surface area contributed by atoms with Gasteiger partial charge in [-0.2, -0.15) is 5.10 Å². The van der Waals surface area contributed by atoms with Gasteiger partial charge in [0.1, 0.15) is 11.4 Å². The van der Waals surface area contributed by atoms with Gasteiger partial charge in [0.2, 0.25) is 0 Å². The lowest BCUT2D eigenvalue weighted by atomic mass is 9.96. The van der Waals surface area contributed by atoms with Crippen molar-refractivity contribution in [2.45, 2.75) is 32.4 Å². The number of benzene rings is 2. The fourth-order valence-corrected chi connectivity index (χ4v) is 2.97. The van der Waals surface area contributed by atoms with Crippen LogP contribution in [0.5, 0.6) is 0 Å². The lowest BCUT2D eigenvalue weighted by Gasteiger charge is -2.24. The van der Waals surface area contributed by atoms with Crippen molar-refractivity contribution in [3.8, 4) is 0 Å². The molecular formula is C21H22FN3O3. The Morgan fingerprint density at radius 2 is 1.79 bits per heavy atom. The molecule has 0 bridgehead atoms. The van der Waals surface area contributed by atoms with Gasteiger partial charge < -0.3 is 10.4 Å². The van der Waals surface area contributed by atoms with E-state index >= 15 is 0 Å². The molecule has 0 saturated carbocycles. The van der Waals surface area contributed by atoms with Gasteiger partial charge in [-0.15, -0.1) is 0 Å². The van der Waals surface area contributed by atoms with Crippen LogP contribution in [0.1, 0.15) is 42.9 Å². The summed E-state index contributed by atoms with van der Waals surface area (Å²) in [7, 11) is 0. The first-order valence-corrected chi connectivity index (χ1v) is 8.99. The third kappa shape index (κ3) is 3.80. The molecule has 3 rings (SSSR count). The van der Waals surface area contributed by atoms with Gasteiger partial charge >= 0.3 is 0 Å². The van der Waals surface area contributed by atoms with E-state index in [1.165, 1.54) is 35.9 Å². The molecule has 1 aromatic heterocycles. The van der Waals surface area contributed by atoms with E-state index in [-0.39, 0.29) is 23.8 Å². The van der Waals surface area contributed by atoms with E-state index in [4.69, 9.17) is 0 Å². The molecule has 28 heavy (non-hydrogen) atoms.